The highest BCUT2D eigenvalue weighted by Gasteiger charge is 2.15. The molecule has 0 saturated heterocycles. The lowest BCUT2D eigenvalue weighted by Crippen LogP contribution is -2.37. The van der Waals surface area contributed by atoms with Crippen LogP contribution in [0.1, 0.15) is 5.56 Å². The van der Waals surface area contributed by atoms with E-state index < -0.39 is 6.04 Å². The summed E-state index contributed by atoms with van der Waals surface area (Å²) in [5, 5.41) is 3.62. The molecule has 104 valence electrons. The summed E-state index contributed by atoms with van der Waals surface area (Å²) < 4.78 is 0. The Balaban J connectivity index is 2.02. The number of nitrogens with one attached hydrogen (secondary N) is 1. The van der Waals surface area contributed by atoms with Crippen LogP contribution in [-0.4, -0.2) is 11.9 Å². The van der Waals surface area contributed by atoms with Gasteiger partial charge in [-0.15, -0.1) is 0 Å². The monoisotopic (exact) mass is 308 g/mol. The molecule has 1 atom stereocenters. The van der Waals surface area contributed by atoms with Crippen molar-refractivity contribution in [1.82, 2.24) is 0 Å². The lowest BCUT2D eigenvalue weighted by Gasteiger charge is -2.13. The maximum absolute atomic E-state index is 12.0. The molecule has 5 heteroatoms. The first kappa shape index (κ1) is 14.9. The molecule has 0 saturated carbocycles. The third-order valence-corrected chi connectivity index (χ3v) is 3.39. The van der Waals surface area contributed by atoms with Gasteiger partial charge in [-0.1, -0.05) is 53.5 Å². The van der Waals surface area contributed by atoms with Gasteiger partial charge in [-0.2, -0.15) is 0 Å². The Kier molecular flexibility index (Phi) is 5.01. The van der Waals surface area contributed by atoms with Crippen LogP contribution in [-0.2, 0) is 11.2 Å². The number of carbonyl (C=O) groups excluding carboxylic acids is 1. The van der Waals surface area contributed by atoms with E-state index in [0.717, 1.165) is 5.56 Å². The lowest BCUT2D eigenvalue weighted by molar-refractivity contribution is -0.117. The molecule has 0 unspecified atom stereocenters. The average molecular weight is 309 g/mol. The summed E-state index contributed by atoms with van der Waals surface area (Å²) >= 11 is 11.9. The number of anilines is 1. The SMILES string of the molecule is N[C@H](Cc1ccccc1)C(=O)Nc1cc(Cl)ccc1Cl. The van der Waals surface area contributed by atoms with Crippen LogP contribution in [0, 0.1) is 0 Å². The molecule has 2 rings (SSSR count). The first-order valence-electron chi connectivity index (χ1n) is 6.11. The number of rotatable bonds is 4. The average Bonchev–Trinajstić information content (AvgIpc) is 2.44. The van der Waals surface area contributed by atoms with E-state index in [-0.39, 0.29) is 5.91 Å². The van der Waals surface area contributed by atoms with Crippen LogP contribution in [0.3, 0.4) is 0 Å². The zero-order valence-electron chi connectivity index (χ0n) is 10.6. The third kappa shape index (κ3) is 3.97. The van der Waals surface area contributed by atoms with Crippen molar-refractivity contribution in [3.8, 4) is 0 Å². The molecule has 0 bridgehead atoms. The Labute approximate surface area is 127 Å². The van der Waals surface area contributed by atoms with E-state index in [1.807, 2.05) is 30.3 Å². The van der Waals surface area contributed by atoms with Crippen molar-refractivity contribution in [3.63, 3.8) is 0 Å². The minimum absolute atomic E-state index is 0.294. The van der Waals surface area contributed by atoms with E-state index in [2.05, 4.69) is 5.32 Å². The van der Waals surface area contributed by atoms with Crippen LogP contribution in [0.2, 0.25) is 10.0 Å². The first-order valence-corrected chi connectivity index (χ1v) is 6.87. The van der Waals surface area contributed by atoms with E-state index in [9.17, 15) is 4.79 Å². The predicted molar refractivity (Wildman–Crippen MR) is 83.2 cm³/mol. The van der Waals surface area contributed by atoms with Gasteiger partial charge in [-0.05, 0) is 30.2 Å². The second-order valence-corrected chi connectivity index (χ2v) is 5.25. The molecule has 2 aromatic carbocycles. The predicted octanol–water partition coefficient (Wildman–Crippen LogP) is 3.50. The number of amides is 1. The summed E-state index contributed by atoms with van der Waals surface area (Å²) in [5.74, 6) is -0.294. The molecule has 0 aromatic heterocycles. The molecule has 3 N–H and O–H groups in total. The van der Waals surface area contributed by atoms with Crippen LogP contribution in [0.25, 0.3) is 0 Å². The Morgan fingerprint density at radius 3 is 2.55 bits per heavy atom. The fraction of sp³-hybridized carbons (Fsp3) is 0.133. The Hall–Kier alpha value is -1.55. The summed E-state index contributed by atoms with van der Waals surface area (Å²) in [6.07, 6.45) is 0.463. The van der Waals surface area contributed by atoms with E-state index in [0.29, 0.717) is 22.2 Å². The molecule has 0 fully saturated rings. The number of benzene rings is 2. The second kappa shape index (κ2) is 6.75. The van der Waals surface area contributed by atoms with Crippen molar-refractivity contribution in [2.45, 2.75) is 12.5 Å². The minimum Gasteiger partial charge on any atom is -0.323 e. The van der Waals surface area contributed by atoms with Crippen LogP contribution >= 0.6 is 23.2 Å². The van der Waals surface area contributed by atoms with Crippen LogP contribution < -0.4 is 11.1 Å². The van der Waals surface area contributed by atoms with E-state index in [1.165, 1.54) is 0 Å². The van der Waals surface area contributed by atoms with Crippen molar-refractivity contribution < 1.29 is 4.79 Å². The molecule has 0 spiro atoms. The topological polar surface area (TPSA) is 55.1 Å². The van der Waals surface area contributed by atoms with Gasteiger partial charge in [0.2, 0.25) is 5.91 Å². The molecule has 0 heterocycles. The summed E-state index contributed by atoms with van der Waals surface area (Å²) in [6, 6.07) is 13.8. The Morgan fingerprint density at radius 2 is 1.85 bits per heavy atom. The lowest BCUT2D eigenvalue weighted by atomic mass is 10.1. The maximum Gasteiger partial charge on any atom is 0.241 e. The van der Waals surface area contributed by atoms with Gasteiger partial charge >= 0.3 is 0 Å². The van der Waals surface area contributed by atoms with Crippen molar-refractivity contribution in [2.75, 3.05) is 5.32 Å². The van der Waals surface area contributed by atoms with Crippen molar-refractivity contribution in [1.29, 1.82) is 0 Å². The van der Waals surface area contributed by atoms with Gasteiger partial charge in [0.05, 0.1) is 16.8 Å². The summed E-state index contributed by atoms with van der Waals surface area (Å²) in [5.41, 5.74) is 7.37. The molecule has 0 aliphatic carbocycles. The number of halogens is 2. The fourth-order valence-electron chi connectivity index (χ4n) is 1.78. The zero-order valence-corrected chi connectivity index (χ0v) is 12.2. The summed E-state index contributed by atoms with van der Waals surface area (Å²) in [7, 11) is 0. The molecular weight excluding hydrogens is 295 g/mol. The second-order valence-electron chi connectivity index (χ2n) is 4.41. The fourth-order valence-corrected chi connectivity index (χ4v) is 2.12. The van der Waals surface area contributed by atoms with Gasteiger partial charge in [0, 0.05) is 5.02 Å². The minimum atomic E-state index is -0.646. The van der Waals surface area contributed by atoms with Gasteiger partial charge in [-0.3, -0.25) is 4.79 Å². The maximum atomic E-state index is 12.0. The van der Waals surface area contributed by atoms with E-state index in [4.69, 9.17) is 28.9 Å². The van der Waals surface area contributed by atoms with Gasteiger partial charge in [0.1, 0.15) is 0 Å². The highest BCUT2D eigenvalue weighted by atomic mass is 35.5. The van der Waals surface area contributed by atoms with Gasteiger partial charge < -0.3 is 11.1 Å². The first-order chi connectivity index (χ1) is 9.56. The van der Waals surface area contributed by atoms with Crippen molar-refractivity contribution >= 4 is 34.8 Å². The highest BCUT2D eigenvalue weighted by Crippen LogP contribution is 2.25. The van der Waals surface area contributed by atoms with E-state index in [1.54, 1.807) is 18.2 Å². The van der Waals surface area contributed by atoms with Crippen LogP contribution in [0.15, 0.2) is 48.5 Å². The zero-order chi connectivity index (χ0) is 14.5. The Bertz CT molecular complexity index is 602. The number of hydrogen-bond donors (Lipinski definition) is 2. The molecule has 2 aromatic rings. The molecular formula is C15H14Cl2N2O. The molecule has 20 heavy (non-hydrogen) atoms. The van der Waals surface area contributed by atoms with E-state index >= 15 is 0 Å². The van der Waals surface area contributed by atoms with Crippen LogP contribution in [0.4, 0.5) is 5.69 Å². The molecule has 3 nitrogen and oxygen atoms in total. The summed E-state index contributed by atoms with van der Waals surface area (Å²) in [4.78, 5) is 12.0. The summed E-state index contributed by atoms with van der Waals surface area (Å²) in [6.45, 7) is 0. The van der Waals surface area contributed by atoms with Crippen molar-refractivity contribution in [3.05, 3.63) is 64.1 Å². The number of carbonyl (C=O) groups is 1. The quantitative estimate of drug-likeness (QED) is 0.908. The van der Waals surface area contributed by atoms with Crippen LogP contribution in [0.5, 0.6) is 0 Å². The third-order valence-electron chi connectivity index (χ3n) is 2.82. The standard InChI is InChI=1S/C15H14Cl2N2O/c16-11-6-7-12(17)14(9-11)19-15(20)13(18)8-10-4-2-1-3-5-10/h1-7,9,13H,8,18H2,(H,19,20)/t13-/m1/s1. The Morgan fingerprint density at radius 1 is 1.15 bits per heavy atom. The largest absolute Gasteiger partial charge is 0.323 e. The molecule has 0 aliphatic rings. The van der Waals surface area contributed by atoms with Crippen molar-refractivity contribution in [2.24, 2.45) is 5.73 Å². The smallest absolute Gasteiger partial charge is 0.241 e. The van der Waals surface area contributed by atoms with Gasteiger partial charge in [-0.25, -0.2) is 0 Å². The molecule has 0 radical (unpaired) electrons. The number of nitrogens with two attached hydrogens (primary N) is 1. The molecule has 0 aliphatic heterocycles. The highest BCUT2D eigenvalue weighted by molar-refractivity contribution is 6.35. The van der Waals surface area contributed by atoms with Gasteiger partial charge in [0.25, 0.3) is 0 Å². The molecule has 1 amide bonds. The normalized spacial score (nSPS) is 11.9. The van der Waals surface area contributed by atoms with Gasteiger partial charge in [0.15, 0.2) is 0 Å². The number of hydrogen-bond acceptors (Lipinski definition) is 2.